The van der Waals surface area contributed by atoms with Gasteiger partial charge in [-0.05, 0) is 74.2 Å². The van der Waals surface area contributed by atoms with Gasteiger partial charge in [0.15, 0.2) is 10.2 Å². The summed E-state index contributed by atoms with van der Waals surface area (Å²) in [5.74, 6) is -0.348. The van der Waals surface area contributed by atoms with E-state index in [0.717, 1.165) is 28.7 Å². The minimum absolute atomic E-state index is 0.202. The predicted molar refractivity (Wildman–Crippen MR) is 155 cm³/mol. The van der Waals surface area contributed by atoms with Crippen molar-refractivity contribution in [1.82, 2.24) is 5.43 Å². The fourth-order valence-electron chi connectivity index (χ4n) is 3.31. The topological polar surface area (TPSA) is 105 Å². The summed E-state index contributed by atoms with van der Waals surface area (Å²) in [5.41, 5.74) is 9.57. The van der Waals surface area contributed by atoms with Gasteiger partial charge in [0.2, 0.25) is 0 Å². The number of benzene rings is 3. The molecule has 0 unspecified atom stereocenters. The average Bonchev–Trinajstić information content (AvgIpc) is 3.24. The number of thiocarbonyl (C=S) groups is 1. The van der Waals surface area contributed by atoms with Crippen LogP contribution < -0.4 is 21.1 Å². The van der Waals surface area contributed by atoms with Crippen LogP contribution in [0.2, 0.25) is 0 Å². The molecule has 0 aromatic heterocycles. The molecule has 3 aromatic rings. The van der Waals surface area contributed by atoms with Crippen LogP contribution in [-0.2, 0) is 4.79 Å². The van der Waals surface area contributed by atoms with Crippen LogP contribution in [0.1, 0.15) is 12.5 Å². The second kappa shape index (κ2) is 12.0. The van der Waals surface area contributed by atoms with Crippen molar-refractivity contribution in [3.8, 4) is 6.07 Å². The standard InChI is InChI=1S/C27H23N7OS2/c1-18-13-15-20(16-14-18)29-27(36)33-30-19(2)23(17-28)26-34(22-11-7-4-8-12-22)25(35)24(37-26)32-31-21-9-5-3-6-10-21/h3-16,31H,1-2H3,(H2,29,33,36)/b26-23-,30-19+,32-24-. The first kappa shape index (κ1) is 25.6. The van der Waals surface area contributed by atoms with E-state index in [-0.39, 0.29) is 21.6 Å². The molecule has 8 nitrogen and oxygen atoms in total. The number of hydrogen-bond acceptors (Lipinski definition) is 7. The minimum Gasteiger partial charge on any atom is -0.331 e. The van der Waals surface area contributed by atoms with Crippen LogP contribution in [0, 0.1) is 18.3 Å². The number of para-hydroxylation sites is 2. The molecule has 1 aliphatic heterocycles. The van der Waals surface area contributed by atoms with Crippen molar-refractivity contribution in [3.63, 3.8) is 0 Å². The highest BCUT2D eigenvalue weighted by atomic mass is 32.2. The summed E-state index contributed by atoms with van der Waals surface area (Å²) in [6.45, 7) is 3.68. The highest BCUT2D eigenvalue weighted by molar-refractivity contribution is 8.20. The minimum atomic E-state index is -0.348. The Bertz CT molecular complexity index is 1430. The Balaban J connectivity index is 1.61. The summed E-state index contributed by atoms with van der Waals surface area (Å²) in [5, 5.41) is 22.6. The first-order valence-corrected chi connectivity index (χ1v) is 12.5. The Hall–Kier alpha value is -4.46. The van der Waals surface area contributed by atoms with E-state index in [2.05, 4.69) is 32.4 Å². The number of carbonyl (C=O) groups excluding carboxylic acids is 1. The third-order valence-corrected chi connectivity index (χ3v) is 6.41. The number of aryl methyl sites for hydroxylation is 1. The second-order valence-electron chi connectivity index (χ2n) is 7.89. The number of rotatable bonds is 6. The molecule has 1 heterocycles. The maximum absolute atomic E-state index is 13.4. The highest BCUT2D eigenvalue weighted by Gasteiger charge is 2.37. The van der Waals surface area contributed by atoms with Crippen LogP contribution in [0.3, 0.4) is 0 Å². The zero-order chi connectivity index (χ0) is 26.2. The van der Waals surface area contributed by atoms with Gasteiger partial charge in [0.05, 0.1) is 11.4 Å². The summed E-state index contributed by atoms with van der Waals surface area (Å²) in [4.78, 5) is 14.8. The predicted octanol–water partition coefficient (Wildman–Crippen LogP) is 5.60. The smallest absolute Gasteiger partial charge is 0.290 e. The van der Waals surface area contributed by atoms with Gasteiger partial charge in [0, 0.05) is 11.4 Å². The molecule has 1 amide bonds. The molecule has 0 spiro atoms. The molecule has 184 valence electrons. The van der Waals surface area contributed by atoms with E-state index in [1.807, 2.05) is 79.7 Å². The third kappa shape index (κ3) is 6.41. The first-order chi connectivity index (χ1) is 18.0. The summed E-state index contributed by atoms with van der Waals surface area (Å²) >= 11 is 6.44. The van der Waals surface area contributed by atoms with Gasteiger partial charge in [-0.1, -0.05) is 54.1 Å². The Morgan fingerprint density at radius 3 is 2.27 bits per heavy atom. The molecule has 3 N–H and O–H groups in total. The van der Waals surface area contributed by atoms with Crippen LogP contribution in [-0.4, -0.2) is 21.8 Å². The van der Waals surface area contributed by atoms with Crippen molar-refractivity contribution >= 4 is 62.8 Å². The van der Waals surface area contributed by atoms with Crippen molar-refractivity contribution in [1.29, 1.82) is 5.26 Å². The lowest BCUT2D eigenvalue weighted by Gasteiger charge is -2.17. The van der Waals surface area contributed by atoms with Gasteiger partial charge in [-0.3, -0.25) is 20.5 Å². The summed E-state index contributed by atoms with van der Waals surface area (Å²) in [6, 6.07) is 28.4. The molecule has 1 saturated heterocycles. The molecule has 0 radical (unpaired) electrons. The van der Waals surface area contributed by atoms with Crippen LogP contribution in [0.4, 0.5) is 17.1 Å². The monoisotopic (exact) mass is 525 g/mol. The van der Waals surface area contributed by atoms with E-state index in [4.69, 9.17) is 12.2 Å². The fraction of sp³-hybridized carbons (Fsp3) is 0.0741. The molecule has 0 atom stereocenters. The van der Waals surface area contributed by atoms with Crippen molar-refractivity contribution in [2.45, 2.75) is 13.8 Å². The number of nitriles is 1. The number of nitrogens with zero attached hydrogens (tertiary/aromatic N) is 4. The maximum atomic E-state index is 13.4. The molecule has 1 aliphatic rings. The van der Waals surface area contributed by atoms with Crippen LogP contribution >= 0.6 is 24.0 Å². The van der Waals surface area contributed by atoms with Gasteiger partial charge in [-0.2, -0.15) is 15.5 Å². The van der Waals surface area contributed by atoms with E-state index in [1.165, 1.54) is 4.90 Å². The van der Waals surface area contributed by atoms with Gasteiger partial charge in [-0.15, -0.1) is 0 Å². The molecule has 3 aromatic carbocycles. The maximum Gasteiger partial charge on any atom is 0.290 e. The molecule has 0 bridgehead atoms. The second-order valence-corrected chi connectivity index (χ2v) is 9.28. The molecule has 37 heavy (non-hydrogen) atoms. The number of thioether (sulfide) groups is 1. The SMILES string of the molecule is CC(=N\NC(=S)Nc1ccc(C)cc1)/C(C#N)=C1\S/C(=N\Nc2ccccc2)C(=O)N1c1ccccc1. The molecule has 1 fully saturated rings. The van der Waals surface area contributed by atoms with E-state index in [0.29, 0.717) is 16.4 Å². The number of hydrogen-bond donors (Lipinski definition) is 3. The van der Waals surface area contributed by atoms with Crippen LogP contribution in [0.25, 0.3) is 0 Å². The van der Waals surface area contributed by atoms with E-state index < -0.39 is 0 Å². The van der Waals surface area contributed by atoms with Crippen molar-refractivity contribution in [2.75, 3.05) is 15.6 Å². The third-order valence-electron chi connectivity index (χ3n) is 5.18. The highest BCUT2D eigenvalue weighted by Crippen LogP contribution is 2.38. The van der Waals surface area contributed by atoms with Crippen molar-refractivity contribution in [3.05, 3.63) is 101 Å². The van der Waals surface area contributed by atoms with Gasteiger partial charge < -0.3 is 5.32 Å². The number of carbonyl (C=O) groups is 1. The molecule has 0 aliphatic carbocycles. The number of nitrogens with one attached hydrogen (secondary N) is 3. The summed E-state index contributed by atoms with van der Waals surface area (Å²) in [6.07, 6.45) is 0. The Morgan fingerprint density at radius 2 is 1.62 bits per heavy atom. The van der Waals surface area contributed by atoms with Crippen LogP contribution in [0.15, 0.2) is 106 Å². The van der Waals surface area contributed by atoms with Gasteiger partial charge >= 0.3 is 0 Å². The van der Waals surface area contributed by atoms with Gasteiger partial charge in [0.25, 0.3) is 5.91 Å². The largest absolute Gasteiger partial charge is 0.331 e. The van der Waals surface area contributed by atoms with E-state index >= 15 is 0 Å². The Kier molecular flexibility index (Phi) is 8.30. The zero-order valence-corrected chi connectivity index (χ0v) is 21.7. The summed E-state index contributed by atoms with van der Waals surface area (Å²) < 4.78 is 0. The molecule has 4 rings (SSSR count). The molecule has 0 saturated carbocycles. The Morgan fingerprint density at radius 1 is 0.973 bits per heavy atom. The number of anilines is 3. The number of allylic oxidation sites excluding steroid dienone is 1. The lowest BCUT2D eigenvalue weighted by molar-refractivity contribution is -0.111. The zero-order valence-electron chi connectivity index (χ0n) is 20.1. The number of hydrazone groups is 2. The van der Waals surface area contributed by atoms with Gasteiger partial charge in [0.1, 0.15) is 16.7 Å². The van der Waals surface area contributed by atoms with Crippen LogP contribution in [0.5, 0.6) is 0 Å². The lowest BCUT2D eigenvalue weighted by atomic mass is 10.2. The van der Waals surface area contributed by atoms with E-state index in [1.54, 1.807) is 19.1 Å². The fourth-order valence-corrected chi connectivity index (χ4v) is 4.50. The van der Waals surface area contributed by atoms with E-state index in [9.17, 15) is 10.1 Å². The average molecular weight is 526 g/mol. The Labute approximate surface area is 224 Å². The normalized spacial score (nSPS) is 15.8. The first-order valence-electron chi connectivity index (χ1n) is 11.2. The quantitative estimate of drug-likeness (QED) is 0.167. The molecular formula is C27H23N7OS2. The lowest BCUT2D eigenvalue weighted by Crippen LogP contribution is -2.28. The number of amides is 1. The van der Waals surface area contributed by atoms with Crippen molar-refractivity contribution < 1.29 is 4.79 Å². The molecular weight excluding hydrogens is 502 g/mol. The summed E-state index contributed by atoms with van der Waals surface area (Å²) in [7, 11) is 0. The van der Waals surface area contributed by atoms with Crippen molar-refractivity contribution in [2.24, 2.45) is 10.2 Å². The van der Waals surface area contributed by atoms with Gasteiger partial charge in [-0.25, -0.2) is 0 Å². The molecule has 10 heteroatoms.